The Bertz CT molecular complexity index is 923. The van der Waals surface area contributed by atoms with Gasteiger partial charge in [0.1, 0.15) is 11.5 Å². The highest BCUT2D eigenvalue weighted by atomic mass is 16.5. The number of hydrogen-bond donors (Lipinski definition) is 1. The molecule has 0 bridgehead atoms. The number of methoxy groups -OCH3 is 2. The molecule has 1 saturated heterocycles. The summed E-state index contributed by atoms with van der Waals surface area (Å²) < 4.78 is 10.9. The predicted molar refractivity (Wildman–Crippen MR) is 126 cm³/mol. The van der Waals surface area contributed by atoms with E-state index in [2.05, 4.69) is 21.2 Å². The second-order valence-electron chi connectivity index (χ2n) is 7.77. The highest BCUT2D eigenvalue weighted by molar-refractivity contribution is 6.04. The Hall–Kier alpha value is -3.06. The number of ether oxygens (including phenoxy) is 2. The van der Waals surface area contributed by atoms with Gasteiger partial charge in [0.05, 0.1) is 31.0 Å². The fourth-order valence-corrected chi connectivity index (χ4v) is 4.05. The Labute approximate surface area is 190 Å². The van der Waals surface area contributed by atoms with E-state index in [9.17, 15) is 9.59 Å². The quantitative estimate of drug-likeness (QED) is 0.453. The molecule has 1 heterocycles. The highest BCUT2D eigenvalue weighted by Gasteiger charge is 2.20. The van der Waals surface area contributed by atoms with Crippen LogP contribution in [0.25, 0.3) is 0 Å². The van der Waals surface area contributed by atoms with E-state index in [0.717, 1.165) is 50.6 Å². The maximum Gasteiger partial charge on any atom is 0.255 e. The Kier molecular flexibility index (Phi) is 8.50. The van der Waals surface area contributed by atoms with Gasteiger partial charge < -0.3 is 19.7 Å². The number of nitrogens with one attached hydrogen (secondary N) is 1. The molecule has 1 aliphatic rings. The zero-order chi connectivity index (χ0) is 22.9. The lowest BCUT2D eigenvalue weighted by atomic mass is 10.0. The van der Waals surface area contributed by atoms with Crippen molar-refractivity contribution in [2.45, 2.75) is 19.8 Å². The average Bonchev–Trinajstić information content (AvgIpc) is 2.85. The first-order valence-electron chi connectivity index (χ1n) is 11.2. The monoisotopic (exact) mass is 439 g/mol. The van der Waals surface area contributed by atoms with E-state index in [1.807, 2.05) is 18.2 Å². The third-order valence-corrected chi connectivity index (χ3v) is 5.82. The smallest absolute Gasteiger partial charge is 0.255 e. The lowest BCUT2D eigenvalue weighted by Crippen LogP contribution is -2.47. The van der Waals surface area contributed by atoms with Crippen molar-refractivity contribution >= 4 is 17.4 Å². The molecular formula is C25H33N3O4. The first-order chi connectivity index (χ1) is 15.6. The molecule has 0 radical (unpaired) electrons. The molecular weight excluding hydrogens is 406 g/mol. The standard InChI is InChI=1S/C25H33N3O4/c1-4-22(29)19-9-7-10-20(24(19)32-3)25(30)26-13-8-14-27-15-17-28(18-16-27)21-11-5-6-12-23(21)31-2/h5-7,9-12H,4,8,13-18H2,1-3H3,(H,26,30). The second-order valence-corrected chi connectivity index (χ2v) is 7.77. The number of rotatable bonds is 10. The molecule has 0 saturated carbocycles. The predicted octanol–water partition coefficient (Wildman–Crippen LogP) is 3.24. The number of piperazine rings is 1. The van der Waals surface area contributed by atoms with Crippen LogP contribution in [0.4, 0.5) is 5.69 Å². The highest BCUT2D eigenvalue weighted by Crippen LogP contribution is 2.28. The minimum atomic E-state index is -0.214. The second kappa shape index (κ2) is 11.5. The van der Waals surface area contributed by atoms with Gasteiger partial charge in [0, 0.05) is 39.1 Å². The average molecular weight is 440 g/mol. The van der Waals surface area contributed by atoms with Crippen molar-refractivity contribution in [2.75, 3.05) is 58.4 Å². The van der Waals surface area contributed by atoms with Crippen LogP contribution in [0.1, 0.15) is 40.5 Å². The van der Waals surface area contributed by atoms with Crippen molar-refractivity contribution in [1.29, 1.82) is 0 Å². The first-order valence-corrected chi connectivity index (χ1v) is 11.2. The molecule has 1 amide bonds. The SMILES string of the molecule is CCC(=O)c1cccc(C(=O)NCCCN2CCN(c3ccccc3OC)CC2)c1OC. The number of hydrogen-bond acceptors (Lipinski definition) is 6. The first kappa shape index (κ1) is 23.6. The Balaban J connectivity index is 1.45. The molecule has 1 fully saturated rings. The van der Waals surface area contributed by atoms with E-state index in [-0.39, 0.29) is 11.7 Å². The van der Waals surface area contributed by atoms with Crippen molar-refractivity contribution < 1.29 is 19.1 Å². The summed E-state index contributed by atoms with van der Waals surface area (Å²) >= 11 is 0. The number of Topliss-reactive ketones (excluding diaryl/α,β-unsaturated/α-hetero) is 1. The number of ketones is 1. The molecule has 0 unspecified atom stereocenters. The molecule has 1 aliphatic heterocycles. The Morgan fingerprint density at radius 1 is 0.938 bits per heavy atom. The van der Waals surface area contributed by atoms with Gasteiger partial charge >= 0.3 is 0 Å². The molecule has 2 aromatic rings. The third-order valence-electron chi connectivity index (χ3n) is 5.82. The van der Waals surface area contributed by atoms with Gasteiger partial charge in [-0.2, -0.15) is 0 Å². The number of amides is 1. The summed E-state index contributed by atoms with van der Waals surface area (Å²) in [6.45, 7) is 7.13. The van der Waals surface area contributed by atoms with Gasteiger partial charge in [-0.15, -0.1) is 0 Å². The minimum Gasteiger partial charge on any atom is -0.495 e. The maximum absolute atomic E-state index is 12.7. The number of anilines is 1. The van der Waals surface area contributed by atoms with Crippen molar-refractivity contribution in [1.82, 2.24) is 10.2 Å². The number of carbonyl (C=O) groups is 2. The van der Waals surface area contributed by atoms with E-state index >= 15 is 0 Å². The summed E-state index contributed by atoms with van der Waals surface area (Å²) in [6.07, 6.45) is 1.22. The van der Waals surface area contributed by atoms with Gasteiger partial charge in [-0.1, -0.05) is 25.1 Å². The van der Waals surface area contributed by atoms with Gasteiger partial charge in [-0.25, -0.2) is 0 Å². The molecule has 3 rings (SSSR count). The van der Waals surface area contributed by atoms with Gasteiger partial charge in [0.15, 0.2) is 5.78 Å². The zero-order valence-corrected chi connectivity index (χ0v) is 19.2. The molecule has 0 aromatic heterocycles. The minimum absolute atomic E-state index is 0.0382. The maximum atomic E-state index is 12.7. The van der Waals surface area contributed by atoms with Gasteiger partial charge in [0.25, 0.3) is 5.91 Å². The normalized spacial score (nSPS) is 14.2. The largest absolute Gasteiger partial charge is 0.495 e. The Morgan fingerprint density at radius 2 is 1.66 bits per heavy atom. The van der Waals surface area contributed by atoms with Crippen LogP contribution in [0.3, 0.4) is 0 Å². The summed E-state index contributed by atoms with van der Waals surface area (Å²) in [4.78, 5) is 29.6. The summed E-state index contributed by atoms with van der Waals surface area (Å²) in [5, 5.41) is 2.96. The van der Waals surface area contributed by atoms with Gasteiger partial charge in [-0.3, -0.25) is 14.5 Å². The van der Waals surface area contributed by atoms with E-state index in [1.54, 1.807) is 32.2 Å². The number of para-hydroxylation sites is 3. The third kappa shape index (κ3) is 5.59. The van der Waals surface area contributed by atoms with Crippen LogP contribution in [-0.2, 0) is 0 Å². The lowest BCUT2D eigenvalue weighted by molar-refractivity contribution is 0.0948. The molecule has 7 heteroatoms. The van der Waals surface area contributed by atoms with Crippen LogP contribution in [-0.4, -0.2) is 70.1 Å². The van der Waals surface area contributed by atoms with Gasteiger partial charge in [-0.05, 0) is 37.2 Å². The van der Waals surface area contributed by atoms with Crippen LogP contribution < -0.4 is 19.7 Å². The van der Waals surface area contributed by atoms with Crippen LogP contribution in [0, 0.1) is 0 Å². The van der Waals surface area contributed by atoms with Crippen molar-refractivity contribution in [3.05, 3.63) is 53.6 Å². The van der Waals surface area contributed by atoms with E-state index < -0.39 is 0 Å². The van der Waals surface area contributed by atoms with E-state index in [1.165, 1.54) is 7.11 Å². The topological polar surface area (TPSA) is 71.1 Å². The fourth-order valence-electron chi connectivity index (χ4n) is 4.05. The van der Waals surface area contributed by atoms with Crippen LogP contribution in [0.5, 0.6) is 11.5 Å². The summed E-state index contributed by atoms with van der Waals surface area (Å²) in [7, 11) is 3.19. The Morgan fingerprint density at radius 3 is 2.34 bits per heavy atom. The van der Waals surface area contributed by atoms with E-state index in [0.29, 0.717) is 29.8 Å². The van der Waals surface area contributed by atoms with Crippen LogP contribution >= 0.6 is 0 Å². The van der Waals surface area contributed by atoms with Crippen LogP contribution in [0.15, 0.2) is 42.5 Å². The summed E-state index contributed by atoms with van der Waals surface area (Å²) in [5.74, 6) is 1.01. The number of nitrogens with zero attached hydrogens (tertiary/aromatic N) is 2. The van der Waals surface area contributed by atoms with Gasteiger partial charge in [0.2, 0.25) is 0 Å². The number of benzene rings is 2. The molecule has 0 aliphatic carbocycles. The zero-order valence-electron chi connectivity index (χ0n) is 19.2. The molecule has 1 N–H and O–H groups in total. The van der Waals surface area contributed by atoms with Crippen molar-refractivity contribution in [3.8, 4) is 11.5 Å². The van der Waals surface area contributed by atoms with Crippen LogP contribution in [0.2, 0.25) is 0 Å². The molecule has 172 valence electrons. The molecule has 7 nitrogen and oxygen atoms in total. The molecule has 2 aromatic carbocycles. The molecule has 0 spiro atoms. The van der Waals surface area contributed by atoms with E-state index in [4.69, 9.17) is 9.47 Å². The lowest BCUT2D eigenvalue weighted by Gasteiger charge is -2.36. The fraction of sp³-hybridized carbons (Fsp3) is 0.440. The summed E-state index contributed by atoms with van der Waals surface area (Å²) in [5.41, 5.74) is 1.99. The summed E-state index contributed by atoms with van der Waals surface area (Å²) in [6, 6.07) is 13.2. The van der Waals surface area contributed by atoms with Crippen molar-refractivity contribution in [3.63, 3.8) is 0 Å². The molecule has 32 heavy (non-hydrogen) atoms. The molecule has 0 atom stereocenters. The number of carbonyl (C=O) groups excluding carboxylic acids is 2. The van der Waals surface area contributed by atoms with Crippen molar-refractivity contribution in [2.24, 2.45) is 0 Å².